The van der Waals surface area contributed by atoms with Gasteiger partial charge in [0.2, 0.25) is 5.91 Å². The van der Waals surface area contributed by atoms with E-state index in [1.54, 1.807) is 13.3 Å². The molecule has 1 aromatic carbocycles. The van der Waals surface area contributed by atoms with Crippen LogP contribution in [0.1, 0.15) is 31.2 Å². The number of hydrogen-bond donors (Lipinski definition) is 0. The summed E-state index contributed by atoms with van der Waals surface area (Å²) in [6.45, 7) is 3.53. The second-order valence-corrected chi connectivity index (χ2v) is 9.09. The van der Waals surface area contributed by atoms with Gasteiger partial charge < -0.3 is 9.64 Å². The van der Waals surface area contributed by atoms with E-state index in [1.165, 1.54) is 0 Å². The number of aromatic nitrogens is 1. The highest BCUT2D eigenvalue weighted by molar-refractivity contribution is 6.42. The Labute approximate surface area is 187 Å². The zero-order valence-electron chi connectivity index (χ0n) is 17.2. The van der Waals surface area contributed by atoms with Crippen molar-refractivity contribution in [3.63, 3.8) is 0 Å². The summed E-state index contributed by atoms with van der Waals surface area (Å²) in [5.74, 6) is 0.817. The number of hydrogen-bond acceptors (Lipinski definition) is 4. The van der Waals surface area contributed by atoms with Crippen LogP contribution in [0.4, 0.5) is 5.82 Å². The van der Waals surface area contributed by atoms with Gasteiger partial charge in [-0.05, 0) is 55.6 Å². The lowest BCUT2D eigenvalue weighted by Crippen LogP contribution is -2.50. The van der Waals surface area contributed by atoms with Gasteiger partial charge in [-0.15, -0.1) is 0 Å². The smallest absolute Gasteiger partial charge is 0.228 e. The molecule has 5 nitrogen and oxygen atoms in total. The first kappa shape index (κ1) is 21.6. The zero-order chi connectivity index (χ0) is 21.1. The van der Waals surface area contributed by atoms with Crippen molar-refractivity contribution in [2.45, 2.75) is 37.2 Å². The van der Waals surface area contributed by atoms with E-state index in [-0.39, 0.29) is 11.3 Å². The first-order valence-corrected chi connectivity index (χ1v) is 11.2. The highest BCUT2D eigenvalue weighted by Gasteiger charge is 2.41. The van der Waals surface area contributed by atoms with E-state index >= 15 is 0 Å². The Morgan fingerprint density at radius 2 is 2.10 bits per heavy atom. The maximum absolute atomic E-state index is 12.8. The number of likely N-dealkylation sites (tertiary alicyclic amines) is 1. The third-order valence-electron chi connectivity index (χ3n) is 6.51. The second kappa shape index (κ2) is 9.23. The van der Waals surface area contributed by atoms with Gasteiger partial charge >= 0.3 is 0 Å². The summed E-state index contributed by atoms with van der Waals surface area (Å²) in [5, 5.41) is 1.10. The Bertz CT molecular complexity index is 895. The number of nitrogens with zero attached hydrogens (tertiary/aromatic N) is 3. The Balaban J connectivity index is 1.63. The third-order valence-corrected chi connectivity index (χ3v) is 7.25. The predicted molar refractivity (Wildman–Crippen MR) is 120 cm³/mol. The van der Waals surface area contributed by atoms with Gasteiger partial charge in [-0.3, -0.25) is 9.69 Å². The number of amides is 1. The van der Waals surface area contributed by atoms with Crippen molar-refractivity contribution in [3.05, 3.63) is 58.2 Å². The summed E-state index contributed by atoms with van der Waals surface area (Å²) >= 11 is 12.6. The Morgan fingerprint density at radius 3 is 2.80 bits per heavy atom. The van der Waals surface area contributed by atoms with Crippen LogP contribution < -0.4 is 4.90 Å². The molecule has 2 atom stereocenters. The van der Waals surface area contributed by atoms with E-state index in [0.29, 0.717) is 34.9 Å². The molecule has 7 heteroatoms. The molecule has 4 rings (SSSR count). The monoisotopic (exact) mass is 447 g/mol. The predicted octanol–water partition coefficient (Wildman–Crippen LogP) is 4.56. The molecule has 2 aliphatic rings. The van der Waals surface area contributed by atoms with Crippen molar-refractivity contribution in [1.82, 2.24) is 9.88 Å². The molecule has 2 saturated heterocycles. The molecule has 2 fully saturated rings. The van der Waals surface area contributed by atoms with Crippen LogP contribution in [-0.2, 0) is 14.9 Å². The van der Waals surface area contributed by atoms with Crippen LogP contribution in [0, 0.1) is 0 Å². The second-order valence-electron chi connectivity index (χ2n) is 8.27. The minimum Gasteiger partial charge on any atom is -0.380 e. The molecular formula is C23H27Cl2N3O2. The van der Waals surface area contributed by atoms with Crippen molar-refractivity contribution < 1.29 is 9.53 Å². The average molecular weight is 448 g/mol. The van der Waals surface area contributed by atoms with E-state index in [1.807, 2.05) is 35.2 Å². The molecule has 2 aromatic rings. The number of halogens is 2. The molecule has 0 spiro atoms. The molecule has 0 saturated carbocycles. The Kier molecular flexibility index (Phi) is 6.63. The van der Waals surface area contributed by atoms with Crippen molar-refractivity contribution in [2.75, 3.05) is 38.2 Å². The number of carbonyl (C=O) groups is 1. The summed E-state index contributed by atoms with van der Waals surface area (Å²) in [5.41, 5.74) is 0.929. The van der Waals surface area contributed by atoms with Crippen LogP contribution >= 0.6 is 23.2 Å². The molecule has 1 amide bonds. The third kappa shape index (κ3) is 4.50. The highest BCUT2D eigenvalue weighted by Crippen LogP contribution is 2.41. The summed E-state index contributed by atoms with van der Waals surface area (Å²) in [4.78, 5) is 21.5. The normalized spacial score (nSPS) is 25.1. The highest BCUT2D eigenvalue weighted by atomic mass is 35.5. The standard InChI is InChI=1S/C23H27Cl2N3O2/c1-30-18-8-12-27(15-18)13-10-23(17-5-6-19(24)20(25)14-17)9-7-22(29)28(16-23)21-4-2-3-11-26-21/h2-6,11,14,18H,7-10,12-13,15-16H2,1H3/t18-,23-/m1/s1. The van der Waals surface area contributed by atoms with E-state index in [0.717, 1.165) is 44.5 Å². The topological polar surface area (TPSA) is 45.7 Å². The lowest BCUT2D eigenvalue weighted by Gasteiger charge is -2.43. The molecule has 0 radical (unpaired) electrons. The fraction of sp³-hybridized carbons (Fsp3) is 0.478. The lowest BCUT2D eigenvalue weighted by atomic mass is 9.71. The number of carbonyl (C=O) groups excluding carboxylic acids is 1. The van der Waals surface area contributed by atoms with Gasteiger partial charge in [0.15, 0.2) is 0 Å². The fourth-order valence-electron chi connectivity index (χ4n) is 4.65. The number of methoxy groups -OCH3 is 1. The van der Waals surface area contributed by atoms with Crippen LogP contribution in [0.5, 0.6) is 0 Å². The molecule has 1 aromatic heterocycles. The van der Waals surface area contributed by atoms with Crippen molar-refractivity contribution in [1.29, 1.82) is 0 Å². The van der Waals surface area contributed by atoms with E-state index in [9.17, 15) is 4.79 Å². The number of pyridine rings is 1. The van der Waals surface area contributed by atoms with Crippen LogP contribution in [0.15, 0.2) is 42.6 Å². The minimum atomic E-state index is -0.204. The molecule has 0 bridgehead atoms. The first-order chi connectivity index (χ1) is 14.5. The summed E-state index contributed by atoms with van der Waals surface area (Å²) in [7, 11) is 1.78. The molecule has 3 heterocycles. The molecule has 0 N–H and O–H groups in total. The largest absolute Gasteiger partial charge is 0.380 e. The van der Waals surface area contributed by atoms with Gasteiger partial charge in [-0.25, -0.2) is 4.98 Å². The molecule has 2 aliphatic heterocycles. The van der Waals surface area contributed by atoms with Crippen LogP contribution in [-0.4, -0.2) is 55.2 Å². The summed E-state index contributed by atoms with van der Waals surface area (Å²) < 4.78 is 5.53. The van der Waals surface area contributed by atoms with E-state index in [4.69, 9.17) is 27.9 Å². The van der Waals surface area contributed by atoms with Crippen molar-refractivity contribution >= 4 is 34.9 Å². The van der Waals surface area contributed by atoms with Crippen LogP contribution in [0.3, 0.4) is 0 Å². The SMILES string of the molecule is CO[C@@H]1CCN(CC[C@]2(c3ccc(Cl)c(Cl)c3)CCC(=O)N(c3ccccn3)C2)C1. The minimum absolute atomic E-state index is 0.116. The summed E-state index contributed by atoms with van der Waals surface area (Å²) in [6, 6.07) is 11.6. The molecule has 0 unspecified atom stereocenters. The molecule has 0 aliphatic carbocycles. The van der Waals surface area contributed by atoms with Gasteiger partial charge in [0.1, 0.15) is 5.82 Å². The quantitative estimate of drug-likeness (QED) is 0.650. The van der Waals surface area contributed by atoms with Crippen LogP contribution in [0.2, 0.25) is 10.0 Å². The maximum atomic E-state index is 12.8. The fourth-order valence-corrected chi connectivity index (χ4v) is 4.95. The number of anilines is 1. The van der Waals surface area contributed by atoms with Crippen molar-refractivity contribution in [3.8, 4) is 0 Å². The van der Waals surface area contributed by atoms with E-state index in [2.05, 4.69) is 16.0 Å². The number of piperidine rings is 1. The molecular weight excluding hydrogens is 421 g/mol. The number of rotatable bonds is 6. The molecule has 30 heavy (non-hydrogen) atoms. The average Bonchev–Trinajstić information content (AvgIpc) is 3.24. The number of ether oxygens (including phenoxy) is 1. The van der Waals surface area contributed by atoms with E-state index < -0.39 is 0 Å². The Hall–Kier alpha value is -1.66. The number of benzene rings is 1. The van der Waals surface area contributed by atoms with Gasteiger partial charge in [-0.1, -0.05) is 35.3 Å². The van der Waals surface area contributed by atoms with Gasteiger partial charge in [0.05, 0.1) is 16.1 Å². The van der Waals surface area contributed by atoms with Gasteiger partial charge in [0, 0.05) is 44.8 Å². The summed E-state index contributed by atoms with van der Waals surface area (Å²) in [6.07, 6.45) is 5.30. The first-order valence-electron chi connectivity index (χ1n) is 10.4. The Morgan fingerprint density at radius 1 is 1.23 bits per heavy atom. The maximum Gasteiger partial charge on any atom is 0.228 e. The zero-order valence-corrected chi connectivity index (χ0v) is 18.7. The van der Waals surface area contributed by atoms with Gasteiger partial charge in [-0.2, -0.15) is 0 Å². The van der Waals surface area contributed by atoms with Crippen molar-refractivity contribution in [2.24, 2.45) is 0 Å². The van der Waals surface area contributed by atoms with Crippen LogP contribution in [0.25, 0.3) is 0 Å². The molecule has 160 valence electrons. The lowest BCUT2D eigenvalue weighted by molar-refractivity contribution is -0.120. The van der Waals surface area contributed by atoms with Gasteiger partial charge in [0.25, 0.3) is 0 Å².